The van der Waals surface area contributed by atoms with Gasteiger partial charge in [0.25, 0.3) is 5.91 Å². The molecule has 0 radical (unpaired) electrons. The number of aryl methyl sites for hydroxylation is 2. The third kappa shape index (κ3) is 3.43. The van der Waals surface area contributed by atoms with Crippen molar-refractivity contribution in [2.75, 3.05) is 0 Å². The zero-order chi connectivity index (χ0) is 13.8. The van der Waals surface area contributed by atoms with Crippen LogP contribution < -0.4 is 5.43 Å². The maximum Gasteiger partial charge on any atom is 0.271 e. The molecule has 1 atom stereocenters. The molecule has 1 aliphatic carbocycles. The van der Waals surface area contributed by atoms with Gasteiger partial charge in [-0.1, -0.05) is 31.0 Å². The summed E-state index contributed by atoms with van der Waals surface area (Å²) < 4.78 is 0. The summed E-state index contributed by atoms with van der Waals surface area (Å²) in [6.45, 7) is 6.16. The highest BCUT2D eigenvalue weighted by atomic mass is 16.2. The van der Waals surface area contributed by atoms with Gasteiger partial charge < -0.3 is 0 Å². The van der Waals surface area contributed by atoms with E-state index in [1.165, 1.54) is 24.8 Å². The highest BCUT2D eigenvalue weighted by Gasteiger charge is 2.16. The Balaban J connectivity index is 2.06. The van der Waals surface area contributed by atoms with E-state index in [2.05, 4.69) is 17.5 Å². The third-order valence-electron chi connectivity index (χ3n) is 3.82. The van der Waals surface area contributed by atoms with E-state index in [0.717, 1.165) is 17.7 Å². The van der Waals surface area contributed by atoms with Gasteiger partial charge in [-0.3, -0.25) is 4.79 Å². The number of hydrogen-bond acceptors (Lipinski definition) is 2. The van der Waals surface area contributed by atoms with Crippen molar-refractivity contribution in [3.8, 4) is 0 Å². The fraction of sp³-hybridized carbons (Fsp3) is 0.500. The van der Waals surface area contributed by atoms with Gasteiger partial charge in [0, 0.05) is 11.3 Å². The molecule has 1 saturated carbocycles. The summed E-state index contributed by atoms with van der Waals surface area (Å²) in [5, 5.41) is 4.32. The van der Waals surface area contributed by atoms with Crippen LogP contribution in [0.5, 0.6) is 0 Å². The average Bonchev–Trinajstić information content (AvgIpc) is 2.37. The fourth-order valence-corrected chi connectivity index (χ4v) is 2.59. The molecule has 1 fully saturated rings. The van der Waals surface area contributed by atoms with Gasteiger partial charge in [0.1, 0.15) is 0 Å². The first-order valence-electron chi connectivity index (χ1n) is 7.02. The Morgan fingerprint density at radius 1 is 1.32 bits per heavy atom. The number of rotatable bonds is 2. The first-order valence-corrected chi connectivity index (χ1v) is 7.02. The third-order valence-corrected chi connectivity index (χ3v) is 3.82. The van der Waals surface area contributed by atoms with Gasteiger partial charge in [0.2, 0.25) is 0 Å². The summed E-state index contributed by atoms with van der Waals surface area (Å²) in [5.74, 6) is 0.385. The zero-order valence-electron chi connectivity index (χ0n) is 12.0. The lowest BCUT2D eigenvalue weighted by Crippen LogP contribution is -2.24. The first kappa shape index (κ1) is 13.8. The summed E-state index contributed by atoms with van der Waals surface area (Å²) in [6, 6.07) is 5.84. The quantitative estimate of drug-likeness (QED) is 0.809. The monoisotopic (exact) mass is 258 g/mol. The zero-order valence-corrected chi connectivity index (χ0v) is 12.0. The van der Waals surface area contributed by atoms with Crippen LogP contribution in [-0.4, -0.2) is 11.6 Å². The lowest BCUT2D eigenvalue weighted by Gasteiger charge is -2.19. The van der Waals surface area contributed by atoms with Gasteiger partial charge in [0.15, 0.2) is 0 Å². The topological polar surface area (TPSA) is 41.5 Å². The summed E-state index contributed by atoms with van der Waals surface area (Å²) in [5.41, 5.74) is 6.71. The summed E-state index contributed by atoms with van der Waals surface area (Å²) in [4.78, 5) is 12.1. The standard InChI is InChI=1S/C16H22N2O/c1-11-8-9-14(13(3)10-11)16(19)18-17-15-7-5-4-6-12(15)2/h8-10,12H,4-7H2,1-3H3,(H,18,19). The lowest BCUT2D eigenvalue weighted by atomic mass is 9.89. The van der Waals surface area contributed by atoms with Crippen molar-refractivity contribution in [1.82, 2.24) is 5.43 Å². The number of benzene rings is 1. The number of hydrazone groups is 1. The van der Waals surface area contributed by atoms with Gasteiger partial charge in [0.05, 0.1) is 0 Å². The molecule has 0 bridgehead atoms. The van der Waals surface area contributed by atoms with Crippen molar-refractivity contribution in [2.24, 2.45) is 11.0 Å². The summed E-state index contributed by atoms with van der Waals surface area (Å²) in [6.07, 6.45) is 4.64. The number of nitrogens with zero attached hydrogens (tertiary/aromatic N) is 1. The van der Waals surface area contributed by atoms with Crippen LogP contribution >= 0.6 is 0 Å². The van der Waals surface area contributed by atoms with Crippen molar-refractivity contribution in [3.63, 3.8) is 0 Å². The van der Waals surface area contributed by atoms with Crippen molar-refractivity contribution < 1.29 is 4.79 Å². The lowest BCUT2D eigenvalue weighted by molar-refractivity contribution is 0.0954. The molecule has 0 aromatic heterocycles. The van der Waals surface area contributed by atoms with Crippen LogP contribution in [0.15, 0.2) is 23.3 Å². The molecular formula is C16H22N2O. The molecule has 1 unspecified atom stereocenters. The van der Waals surface area contributed by atoms with Crippen LogP contribution in [0.25, 0.3) is 0 Å². The Labute approximate surface area is 115 Å². The Morgan fingerprint density at radius 3 is 2.79 bits per heavy atom. The number of carbonyl (C=O) groups is 1. The number of hydrogen-bond donors (Lipinski definition) is 1. The molecule has 0 heterocycles. The SMILES string of the molecule is Cc1ccc(C(=O)NN=C2CCCCC2C)c(C)c1. The second-order valence-electron chi connectivity index (χ2n) is 5.51. The van der Waals surface area contributed by atoms with Crippen LogP contribution in [0.3, 0.4) is 0 Å². The van der Waals surface area contributed by atoms with Gasteiger partial charge >= 0.3 is 0 Å². The van der Waals surface area contributed by atoms with E-state index in [0.29, 0.717) is 11.5 Å². The average molecular weight is 258 g/mol. The van der Waals surface area contributed by atoms with Crippen LogP contribution in [0, 0.1) is 19.8 Å². The predicted octanol–water partition coefficient (Wildman–Crippen LogP) is 3.60. The van der Waals surface area contributed by atoms with Crippen molar-refractivity contribution in [2.45, 2.75) is 46.5 Å². The summed E-state index contributed by atoms with van der Waals surface area (Å²) >= 11 is 0. The highest BCUT2D eigenvalue weighted by Crippen LogP contribution is 2.20. The molecule has 3 heteroatoms. The molecule has 102 valence electrons. The summed E-state index contributed by atoms with van der Waals surface area (Å²) in [7, 11) is 0. The molecule has 1 aliphatic rings. The van der Waals surface area contributed by atoms with Gasteiger partial charge in [-0.25, -0.2) is 5.43 Å². The highest BCUT2D eigenvalue weighted by molar-refractivity contribution is 5.97. The molecule has 3 nitrogen and oxygen atoms in total. The second kappa shape index (κ2) is 6.00. The molecule has 19 heavy (non-hydrogen) atoms. The number of amides is 1. The molecular weight excluding hydrogens is 236 g/mol. The van der Waals surface area contributed by atoms with Gasteiger partial charge in [-0.15, -0.1) is 0 Å². The molecule has 0 spiro atoms. The number of carbonyl (C=O) groups excluding carboxylic acids is 1. The van der Waals surface area contributed by atoms with E-state index < -0.39 is 0 Å². The molecule has 0 saturated heterocycles. The molecule has 1 amide bonds. The Bertz CT molecular complexity index is 505. The van der Waals surface area contributed by atoms with E-state index in [4.69, 9.17) is 0 Å². The molecule has 1 aromatic carbocycles. The second-order valence-corrected chi connectivity index (χ2v) is 5.51. The number of nitrogens with one attached hydrogen (secondary N) is 1. The molecule has 2 rings (SSSR count). The van der Waals surface area contributed by atoms with Gasteiger partial charge in [-0.05, 0) is 50.7 Å². The Hall–Kier alpha value is -1.64. The van der Waals surface area contributed by atoms with E-state index in [1.807, 2.05) is 32.0 Å². The van der Waals surface area contributed by atoms with Crippen LogP contribution in [0.4, 0.5) is 0 Å². The Kier molecular flexibility index (Phi) is 4.35. The predicted molar refractivity (Wildman–Crippen MR) is 78.4 cm³/mol. The van der Waals surface area contributed by atoms with Crippen molar-refractivity contribution in [3.05, 3.63) is 34.9 Å². The van der Waals surface area contributed by atoms with E-state index >= 15 is 0 Å². The van der Waals surface area contributed by atoms with Crippen molar-refractivity contribution >= 4 is 11.6 Å². The first-order chi connectivity index (χ1) is 9.08. The van der Waals surface area contributed by atoms with Crippen molar-refractivity contribution in [1.29, 1.82) is 0 Å². The largest absolute Gasteiger partial charge is 0.271 e. The maximum atomic E-state index is 12.1. The van der Waals surface area contributed by atoms with E-state index in [1.54, 1.807) is 0 Å². The molecule has 1 N–H and O–H groups in total. The fourth-order valence-electron chi connectivity index (χ4n) is 2.59. The van der Waals surface area contributed by atoms with Crippen LogP contribution in [0.2, 0.25) is 0 Å². The minimum Gasteiger partial charge on any atom is -0.267 e. The van der Waals surface area contributed by atoms with Crippen LogP contribution in [0.1, 0.15) is 54.1 Å². The normalized spacial score (nSPS) is 21.4. The van der Waals surface area contributed by atoms with Crippen LogP contribution in [-0.2, 0) is 0 Å². The minimum atomic E-state index is -0.109. The molecule has 1 aromatic rings. The smallest absolute Gasteiger partial charge is 0.267 e. The maximum absolute atomic E-state index is 12.1. The van der Waals surface area contributed by atoms with E-state index in [-0.39, 0.29) is 5.91 Å². The van der Waals surface area contributed by atoms with E-state index in [9.17, 15) is 4.79 Å². The molecule has 0 aliphatic heterocycles. The Morgan fingerprint density at radius 2 is 2.11 bits per heavy atom. The van der Waals surface area contributed by atoms with Gasteiger partial charge in [-0.2, -0.15) is 5.10 Å². The minimum absolute atomic E-state index is 0.109.